The number of hydrogen-bond donors (Lipinski definition) is 3. The Kier molecular flexibility index (Phi) is 8.16. The van der Waals surface area contributed by atoms with Crippen molar-refractivity contribution < 1.29 is 24.2 Å². The summed E-state index contributed by atoms with van der Waals surface area (Å²) in [6.45, 7) is 3.41. The van der Waals surface area contributed by atoms with Gasteiger partial charge in [-0.1, -0.05) is 92.2 Å². The molecule has 2 aliphatic rings. The van der Waals surface area contributed by atoms with Crippen molar-refractivity contribution in [3.05, 3.63) is 95.6 Å². The Bertz CT molecular complexity index is 1330. The zero-order chi connectivity index (χ0) is 28.1. The van der Waals surface area contributed by atoms with Gasteiger partial charge in [-0.3, -0.25) is 9.69 Å². The van der Waals surface area contributed by atoms with E-state index in [1.165, 1.54) is 0 Å². The first-order valence-corrected chi connectivity index (χ1v) is 13.8. The number of carbonyl (C=O) groups excluding carboxylic acids is 2. The van der Waals surface area contributed by atoms with E-state index in [1.807, 2.05) is 61.5 Å². The molecule has 8 heteroatoms. The molecule has 3 aromatic carbocycles. The third-order valence-corrected chi connectivity index (χ3v) is 7.90. The lowest BCUT2D eigenvalue weighted by atomic mass is 9.96. The first kappa shape index (κ1) is 27.4. The van der Waals surface area contributed by atoms with Crippen LogP contribution in [0.4, 0.5) is 4.79 Å². The molecule has 2 atom stereocenters. The van der Waals surface area contributed by atoms with Crippen LogP contribution in [-0.4, -0.2) is 59.3 Å². The maximum absolute atomic E-state index is 13.6. The fourth-order valence-electron chi connectivity index (χ4n) is 5.88. The van der Waals surface area contributed by atoms with Gasteiger partial charge >= 0.3 is 12.1 Å². The molecule has 1 saturated heterocycles. The predicted molar refractivity (Wildman–Crippen MR) is 152 cm³/mol. The van der Waals surface area contributed by atoms with Gasteiger partial charge in [0.05, 0.1) is 0 Å². The van der Waals surface area contributed by atoms with Crippen LogP contribution < -0.4 is 10.6 Å². The highest BCUT2D eigenvalue weighted by atomic mass is 16.5. The number of likely N-dealkylation sites (tertiary alicyclic amines) is 1. The zero-order valence-electron chi connectivity index (χ0n) is 22.6. The number of nitrogens with zero attached hydrogens (tertiary/aromatic N) is 1. The number of rotatable bonds is 10. The van der Waals surface area contributed by atoms with Crippen molar-refractivity contribution in [2.75, 3.05) is 19.7 Å². The molecular weight excluding hydrogens is 506 g/mol. The van der Waals surface area contributed by atoms with Crippen LogP contribution in [0.5, 0.6) is 0 Å². The number of carboxylic acids is 1. The standard InChI is InChI=1S/C32H35N3O5/c1-2-10-28(29(36)37)33-30(38)32(17-18-35(21-32)19-22-11-4-3-5-12-22)34-31(39)40-20-27-25-15-8-6-13-23(25)24-14-7-9-16-26(24)27/h3-9,11-16,27-28H,2,10,17-21H2,1H3,(H,33,38)(H,34,39)(H,36,37)/t28-,32?/m1/s1. The first-order valence-electron chi connectivity index (χ1n) is 13.8. The van der Waals surface area contributed by atoms with E-state index in [1.54, 1.807) is 0 Å². The summed E-state index contributed by atoms with van der Waals surface area (Å²) in [7, 11) is 0. The molecule has 1 heterocycles. The van der Waals surface area contributed by atoms with E-state index in [2.05, 4.69) is 39.8 Å². The number of hydrogen-bond acceptors (Lipinski definition) is 5. The Morgan fingerprint density at radius 1 is 0.975 bits per heavy atom. The molecule has 5 rings (SSSR count). The molecule has 1 aliphatic heterocycles. The van der Waals surface area contributed by atoms with Crippen LogP contribution in [-0.2, 0) is 20.9 Å². The van der Waals surface area contributed by atoms with E-state index in [0.717, 1.165) is 27.8 Å². The second-order valence-electron chi connectivity index (χ2n) is 10.6. The highest BCUT2D eigenvalue weighted by molar-refractivity contribution is 5.93. The largest absolute Gasteiger partial charge is 0.480 e. The molecule has 1 unspecified atom stereocenters. The Morgan fingerprint density at radius 2 is 1.60 bits per heavy atom. The minimum atomic E-state index is -1.31. The van der Waals surface area contributed by atoms with E-state index in [4.69, 9.17) is 4.74 Å². The molecular formula is C32H35N3O5. The summed E-state index contributed by atoms with van der Waals surface area (Å²) in [6, 6.07) is 25.1. The first-order chi connectivity index (χ1) is 19.4. The number of alkyl carbamates (subject to hydrolysis) is 1. The van der Waals surface area contributed by atoms with Gasteiger partial charge in [0.2, 0.25) is 5.91 Å². The number of ether oxygens (including phenoxy) is 1. The number of aliphatic carboxylic acids is 1. The minimum Gasteiger partial charge on any atom is -0.480 e. The monoisotopic (exact) mass is 541 g/mol. The van der Waals surface area contributed by atoms with E-state index in [9.17, 15) is 19.5 Å². The van der Waals surface area contributed by atoms with Crippen LogP contribution in [0.25, 0.3) is 11.1 Å². The Balaban J connectivity index is 1.31. The molecule has 40 heavy (non-hydrogen) atoms. The van der Waals surface area contributed by atoms with Crippen LogP contribution in [0, 0.1) is 0 Å². The third kappa shape index (κ3) is 5.72. The summed E-state index contributed by atoms with van der Waals surface area (Å²) >= 11 is 0. The normalized spacial score (nSPS) is 18.9. The second kappa shape index (κ2) is 11.9. The number of carbonyl (C=O) groups is 3. The lowest BCUT2D eigenvalue weighted by Gasteiger charge is -2.30. The Hall–Kier alpha value is -4.17. The average molecular weight is 542 g/mol. The Labute approximate surface area is 234 Å². The number of amides is 2. The van der Waals surface area contributed by atoms with E-state index >= 15 is 0 Å². The molecule has 0 bridgehead atoms. The van der Waals surface area contributed by atoms with Crippen LogP contribution in [0.3, 0.4) is 0 Å². The molecule has 1 fully saturated rings. The van der Waals surface area contributed by atoms with Crippen LogP contribution in [0.2, 0.25) is 0 Å². The highest BCUT2D eigenvalue weighted by Gasteiger charge is 2.47. The lowest BCUT2D eigenvalue weighted by Crippen LogP contribution is -2.62. The summed E-state index contributed by atoms with van der Waals surface area (Å²) in [6.07, 6.45) is 0.551. The van der Waals surface area contributed by atoms with E-state index in [-0.39, 0.29) is 19.1 Å². The summed E-state index contributed by atoms with van der Waals surface area (Å²) in [5.41, 5.74) is 4.25. The smallest absolute Gasteiger partial charge is 0.408 e. The predicted octanol–water partition coefficient (Wildman–Crippen LogP) is 4.54. The van der Waals surface area contributed by atoms with Crippen molar-refractivity contribution in [3.8, 4) is 11.1 Å². The molecule has 208 valence electrons. The maximum atomic E-state index is 13.6. The molecule has 0 saturated carbocycles. The number of fused-ring (bicyclic) bond motifs is 3. The van der Waals surface area contributed by atoms with Gasteiger partial charge in [0.1, 0.15) is 18.2 Å². The van der Waals surface area contributed by atoms with Gasteiger partial charge in [-0.15, -0.1) is 0 Å². The van der Waals surface area contributed by atoms with Crippen LogP contribution >= 0.6 is 0 Å². The van der Waals surface area contributed by atoms with Crippen molar-refractivity contribution in [3.63, 3.8) is 0 Å². The van der Waals surface area contributed by atoms with Crippen molar-refractivity contribution in [2.24, 2.45) is 0 Å². The molecule has 0 radical (unpaired) electrons. The molecule has 2 amide bonds. The number of carboxylic acid groups (broad SMARTS) is 1. The quantitative estimate of drug-likeness (QED) is 0.348. The van der Waals surface area contributed by atoms with E-state index in [0.29, 0.717) is 32.4 Å². The van der Waals surface area contributed by atoms with Crippen molar-refractivity contribution in [2.45, 2.75) is 50.2 Å². The lowest BCUT2D eigenvalue weighted by molar-refractivity contribution is -0.143. The van der Waals surface area contributed by atoms with Gasteiger partial charge in [0, 0.05) is 25.6 Å². The van der Waals surface area contributed by atoms with Crippen molar-refractivity contribution >= 4 is 18.0 Å². The minimum absolute atomic E-state index is 0.109. The maximum Gasteiger partial charge on any atom is 0.408 e. The van der Waals surface area contributed by atoms with Gasteiger partial charge in [0.15, 0.2) is 0 Å². The third-order valence-electron chi connectivity index (χ3n) is 7.90. The number of nitrogens with one attached hydrogen (secondary N) is 2. The zero-order valence-corrected chi connectivity index (χ0v) is 22.6. The summed E-state index contributed by atoms with van der Waals surface area (Å²) in [5, 5.41) is 15.2. The molecule has 0 spiro atoms. The van der Waals surface area contributed by atoms with E-state index < -0.39 is 29.6 Å². The summed E-state index contributed by atoms with van der Waals surface area (Å²) in [4.78, 5) is 40.7. The van der Waals surface area contributed by atoms with Gasteiger partial charge in [-0.05, 0) is 40.7 Å². The topological polar surface area (TPSA) is 108 Å². The van der Waals surface area contributed by atoms with Crippen molar-refractivity contribution in [1.29, 1.82) is 0 Å². The second-order valence-corrected chi connectivity index (χ2v) is 10.6. The van der Waals surface area contributed by atoms with Gasteiger partial charge in [-0.25, -0.2) is 9.59 Å². The van der Waals surface area contributed by atoms with Crippen LogP contribution in [0.15, 0.2) is 78.9 Å². The van der Waals surface area contributed by atoms with Gasteiger partial charge < -0.3 is 20.5 Å². The average Bonchev–Trinajstić information content (AvgIpc) is 3.51. The summed E-state index contributed by atoms with van der Waals surface area (Å²) < 4.78 is 5.77. The molecule has 8 nitrogen and oxygen atoms in total. The van der Waals surface area contributed by atoms with Gasteiger partial charge in [0.25, 0.3) is 0 Å². The highest BCUT2D eigenvalue weighted by Crippen LogP contribution is 2.44. The van der Waals surface area contributed by atoms with Crippen molar-refractivity contribution in [1.82, 2.24) is 15.5 Å². The summed E-state index contributed by atoms with van der Waals surface area (Å²) in [5.74, 6) is -1.70. The fraction of sp³-hybridized carbons (Fsp3) is 0.344. The molecule has 3 N–H and O–H groups in total. The van der Waals surface area contributed by atoms with Crippen LogP contribution in [0.1, 0.15) is 48.8 Å². The fourth-order valence-corrected chi connectivity index (χ4v) is 5.88. The van der Waals surface area contributed by atoms with Gasteiger partial charge in [-0.2, -0.15) is 0 Å². The Morgan fingerprint density at radius 3 is 2.23 bits per heavy atom. The SMILES string of the molecule is CCC[C@@H](NC(=O)C1(NC(=O)OCC2c3ccccc3-c3ccccc32)CCN(Cc2ccccc2)C1)C(=O)O. The molecule has 1 aliphatic carbocycles. The molecule has 0 aromatic heterocycles. The molecule has 3 aromatic rings. The number of benzene rings is 3.